The average Bonchev–Trinajstić information content (AvgIpc) is 3.41. The fourth-order valence-corrected chi connectivity index (χ4v) is 4.84. The van der Waals surface area contributed by atoms with Gasteiger partial charge in [-0.15, -0.1) is 0 Å². The number of carbonyl (C=O) groups is 2. The molecule has 36 heavy (non-hydrogen) atoms. The molecule has 7 nitrogen and oxygen atoms in total. The van der Waals surface area contributed by atoms with Crippen molar-refractivity contribution >= 4 is 34.8 Å². The van der Waals surface area contributed by atoms with Gasteiger partial charge in [0.25, 0.3) is 5.91 Å². The number of para-hydroxylation sites is 1. The second-order valence-corrected chi connectivity index (χ2v) is 9.20. The van der Waals surface area contributed by atoms with Crippen LogP contribution in [-0.2, 0) is 14.4 Å². The van der Waals surface area contributed by atoms with Crippen LogP contribution in [0, 0.1) is 5.92 Å². The molecule has 0 N–H and O–H groups in total. The third-order valence-corrected chi connectivity index (χ3v) is 6.75. The lowest BCUT2D eigenvalue weighted by molar-refractivity contribution is -0.126. The summed E-state index contributed by atoms with van der Waals surface area (Å²) < 4.78 is 11.5. The Hall–Kier alpha value is -3.55. The number of benzene rings is 3. The van der Waals surface area contributed by atoms with E-state index in [1.807, 2.05) is 48.5 Å². The van der Waals surface area contributed by atoms with Gasteiger partial charge in [0, 0.05) is 5.02 Å². The molecule has 3 aromatic carbocycles. The van der Waals surface area contributed by atoms with Crippen LogP contribution in [0.3, 0.4) is 0 Å². The molecular weight excluding hydrogens is 480 g/mol. The highest BCUT2D eigenvalue weighted by atomic mass is 35.5. The van der Waals surface area contributed by atoms with Gasteiger partial charge in [-0.25, -0.2) is 9.96 Å². The van der Waals surface area contributed by atoms with E-state index < -0.39 is 24.0 Å². The summed E-state index contributed by atoms with van der Waals surface area (Å²) in [5.41, 5.74) is 2.00. The number of fused-ring (bicyclic) bond motifs is 1. The maximum absolute atomic E-state index is 13.7. The summed E-state index contributed by atoms with van der Waals surface area (Å²) in [5.74, 6) is -0.274. The van der Waals surface area contributed by atoms with Crippen LogP contribution in [0.5, 0.6) is 11.5 Å². The largest absolute Gasteiger partial charge is 0.493 e. The zero-order valence-corrected chi connectivity index (χ0v) is 20.9. The Morgan fingerprint density at radius 2 is 1.67 bits per heavy atom. The van der Waals surface area contributed by atoms with Crippen LogP contribution in [-0.4, -0.2) is 31.6 Å². The van der Waals surface area contributed by atoms with Gasteiger partial charge in [0.2, 0.25) is 5.91 Å². The molecule has 2 aliphatic rings. The molecule has 0 aliphatic carbocycles. The molecule has 0 unspecified atom stereocenters. The number of ether oxygens (including phenoxy) is 2. The van der Waals surface area contributed by atoms with Gasteiger partial charge >= 0.3 is 0 Å². The highest BCUT2D eigenvalue weighted by molar-refractivity contribution is 6.31. The first kappa shape index (κ1) is 24.2. The van der Waals surface area contributed by atoms with Crippen molar-refractivity contribution in [1.82, 2.24) is 0 Å². The first-order chi connectivity index (χ1) is 17.5. The van der Waals surface area contributed by atoms with Gasteiger partial charge in [-0.1, -0.05) is 49.2 Å². The lowest BCUT2D eigenvalue weighted by atomic mass is 9.90. The number of methoxy groups -OCH3 is 1. The maximum Gasteiger partial charge on any atom is 0.266 e. The van der Waals surface area contributed by atoms with Gasteiger partial charge in [-0.2, -0.15) is 0 Å². The van der Waals surface area contributed by atoms with E-state index in [4.69, 9.17) is 25.9 Å². The summed E-state index contributed by atoms with van der Waals surface area (Å²) in [7, 11) is 1.58. The molecule has 0 bridgehead atoms. The number of hydrogen-bond acceptors (Lipinski definition) is 6. The number of hydroxylamine groups is 1. The SMILES string of the molecule is CCCCOc1ccc([C@@H]2[C@H]3C(=O)N(c4ccc(Cl)cc4)C(=O)[C@H]3ON2c2ccccc2)cc1OC. The molecule has 2 aliphatic heterocycles. The number of rotatable bonds is 8. The van der Waals surface area contributed by atoms with Crippen LogP contribution in [0.25, 0.3) is 0 Å². The Morgan fingerprint density at radius 3 is 2.36 bits per heavy atom. The third-order valence-electron chi connectivity index (χ3n) is 6.50. The first-order valence-corrected chi connectivity index (χ1v) is 12.4. The number of anilines is 2. The van der Waals surface area contributed by atoms with E-state index in [1.54, 1.807) is 36.4 Å². The molecule has 0 aromatic heterocycles. The first-order valence-electron chi connectivity index (χ1n) is 12.0. The van der Waals surface area contributed by atoms with E-state index >= 15 is 0 Å². The summed E-state index contributed by atoms with van der Waals surface area (Å²) in [6, 6.07) is 21.1. The van der Waals surface area contributed by atoms with Crippen molar-refractivity contribution in [3.05, 3.63) is 83.4 Å². The summed E-state index contributed by atoms with van der Waals surface area (Å²) in [6.07, 6.45) is 1.00. The van der Waals surface area contributed by atoms with Crippen LogP contribution in [0.2, 0.25) is 5.02 Å². The summed E-state index contributed by atoms with van der Waals surface area (Å²) in [5, 5.41) is 2.19. The molecule has 186 valence electrons. The lowest BCUT2D eigenvalue weighted by Gasteiger charge is -2.29. The van der Waals surface area contributed by atoms with Crippen molar-refractivity contribution in [2.24, 2.45) is 5.92 Å². The average molecular weight is 507 g/mol. The molecule has 0 saturated carbocycles. The van der Waals surface area contributed by atoms with Crippen LogP contribution in [0.1, 0.15) is 31.4 Å². The second kappa shape index (κ2) is 10.2. The minimum atomic E-state index is -0.954. The number of imide groups is 1. The van der Waals surface area contributed by atoms with Crippen molar-refractivity contribution in [2.75, 3.05) is 23.7 Å². The van der Waals surface area contributed by atoms with Gasteiger partial charge in [0.15, 0.2) is 17.6 Å². The minimum Gasteiger partial charge on any atom is -0.493 e. The minimum absolute atomic E-state index is 0.321. The fourth-order valence-electron chi connectivity index (χ4n) is 4.71. The van der Waals surface area contributed by atoms with E-state index in [9.17, 15) is 9.59 Å². The molecule has 3 aromatic rings. The number of carbonyl (C=O) groups excluding carboxylic acids is 2. The van der Waals surface area contributed by atoms with Crippen molar-refractivity contribution < 1.29 is 23.9 Å². The van der Waals surface area contributed by atoms with E-state index in [1.165, 1.54) is 4.90 Å². The number of nitrogens with zero attached hydrogens (tertiary/aromatic N) is 2. The predicted molar refractivity (Wildman–Crippen MR) is 137 cm³/mol. The fraction of sp³-hybridized carbons (Fsp3) is 0.286. The molecule has 3 atom stereocenters. The van der Waals surface area contributed by atoms with E-state index in [-0.39, 0.29) is 5.91 Å². The number of hydrogen-bond donors (Lipinski definition) is 0. The lowest BCUT2D eigenvalue weighted by Crippen LogP contribution is -2.37. The Morgan fingerprint density at radius 1 is 0.917 bits per heavy atom. The van der Waals surface area contributed by atoms with Gasteiger partial charge in [-0.05, 0) is 60.5 Å². The summed E-state index contributed by atoms with van der Waals surface area (Å²) in [4.78, 5) is 34.6. The highest BCUT2D eigenvalue weighted by Crippen LogP contribution is 2.48. The summed E-state index contributed by atoms with van der Waals surface area (Å²) >= 11 is 6.02. The van der Waals surface area contributed by atoms with Crippen LogP contribution in [0.15, 0.2) is 72.8 Å². The molecule has 2 amide bonds. The zero-order valence-electron chi connectivity index (χ0n) is 20.1. The third kappa shape index (κ3) is 4.29. The molecule has 2 heterocycles. The number of halogens is 1. The standard InChI is InChI=1S/C28H27ClN2O5/c1-3-4-16-35-22-15-10-18(17-23(22)34-2)25-24-26(36-31(25)21-8-6-5-7-9-21)28(33)30(27(24)32)20-13-11-19(29)12-14-20/h5-15,17,24-26H,3-4,16H2,1-2H3/t24-,25-,26+/m1/s1. The number of amides is 2. The maximum atomic E-state index is 13.7. The van der Waals surface area contributed by atoms with Gasteiger partial charge in [0.05, 0.1) is 31.1 Å². The molecule has 2 fully saturated rings. The Labute approximate surface area is 215 Å². The predicted octanol–water partition coefficient (Wildman–Crippen LogP) is 5.58. The molecule has 8 heteroatoms. The summed E-state index contributed by atoms with van der Waals surface area (Å²) in [6.45, 7) is 2.69. The van der Waals surface area contributed by atoms with Crippen molar-refractivity contribution in [3.63, 3.8) is 0 Å². The van der Waals surface area contributed by atoms with Crippen molar-refractivity contribution in [3.8, 4) is 11.5 Å². The van der Waals surface area contributed by atoms with E-state index in [0.29, 0.717) is 28.8 Å². The Kier molecular flexibility index (Phi) is 6.85. The zero-order chi connectivity index (χ0) is 25.2. The van der Waals surface area contributed by atoms with Crippen molar-refractivity contribution in [1.29, 1.82) is 0 Å². The number of unbranched alkanes of at least 4 members (excludes halogenated alkanes) is 1. The van der Waals surface area contributed by atoms with Gasteiger partial charge in [-0.3, -0.25) is 14.4 Å². The Bertz CT molecular complexity index is 1250. The monoisotopic (exact) mass is 506 g/mol. The normalized spacial score (nSPS) is 21.1. The molecular formula is C28H27ClN2O5. The topological polar surface area (TPSA) is 68.3 Å². The van der Waals surface area contributed by atoms with Crippen LogP contribution in [0.4, 0.5) is 11.4 Å². The van der Waals surface area contributed by atoms with Gasteiger partial charge in [0.1, 0.15) is 5.92 Å². The molecule has 0 radical (unpaired) electrons. The Balaban J connectivity index is 1.54. The second-order valence-electron chi connectivity index (χ2n) is 8.76. The quantitative estimate of drug-likeness (QED) is 0.293. The highest BCUT2D eigenvalue weighted by Gasteiger charge is 2.60. The van der Waals surface area contributed by atoms with Crippen LogP contribution >= 0.6 is 11.6 Å². The van der Waals surface area contributed by atoms with E-state index in [0.717, 1.165) is 24.1 Å². The van der Waals surface area contributed by atoms with Crippen LogP contribution < -0.4 is 19.4 Å². The van der Waals surface area contributed by atoms with Crippen molar-refractivity contribution in [2.45, 2.75) is 31.9 Å². The molecule has 5 rings (SSSR count). The molecule has 2 saturated heterocycles. The smallest absolute Gasteiger partial charge is 0.266 e. The molecule has 0 spiro atoms. The van der Waals surface area contributed by atoms with E-state index in [2.05, 4.69) is 6.92 Å². The van der Waals surface area contributed by atoms with Gasteiger partial charge < -0.3 is 9.47 Å².